The molecule has 5 nitrogen and oxygen atoms in total. The molecule has 2 N–H and O–H groups in total. The Morgan fingerprint density at radius 3 is 2.67 bits per heavy atom. The summed E-state index contributed by atoms with van der Waals surface area (Å²) in [4.78, 5) is 4.43. The smallest absolute Gasteiger partial charge is 0.244 e. The molecule has 1 saturated heterocycles. The SMILES string of the molecule is NCc1ccc(S(=O)(=O)N2CCC[C@H]3CCCC[C@H]32)cn1. The Balaban J connectivity index is 1.88. The van der Waals surface area contributed by atoms with Crippen molar-refractivity contribution in [3.05, 3.63) is 24.0 Å². The molecular weight excluding hydrogens is 286 g/mol. The summed E-state index contributed by atoms with van der Waals surface area (Å²) in [7, 11) is -3.43. The number of nitrogens with two attached hydrogens (primary N) is 1. The number of hydrogen-bond donors (Lipinski definition) is 1. The summed E-state index contributed by atoms with van der Waals surface area (Å²) in [6.45, 7) is 0.969. The first kappa shape index (κ1) is 14.9. The molecule has 1 aliphatic heterocycles. The van der Waals surface area contributed by atoms with Crippen LogP contribution in [0.5, 0.6) is 0 Å². The minimum Gasteiger partial charge on any atom is -0.325 e. The van der Waals surface area contributed by atoms with Gasteiger partial charge in [0.1, 0.15) is 4.90 Å². The Labute approximate surface area is 126 Å². The van der Waals surface area contributed by atoms with Gasteiger partial charge in [0.25, 0.3) is 0 Å². The number of aromatic nitrogens is 1. The van der Waals surface area contributed by atoms with Crippen LogP contribution in [-0.2, 0) is 16.6 Å². The molecule has 2 fully saturated rings. The molecule has 6 heteroatoms. The Morgan fingerprint density at radius 2 is 1.95 bits per heavy atom. The lowest BCUT2D eigenvalue weighted by Crippen LogP contribution is -2.49. The van der Waals surface area contributed by atoms with Gasteiger partial charge < -0.3 is 5.73 Å². The number of nitrogens with zero attached hydrogens (tertiary/aromatic N) is 2. The minimum absolute atomic E-state index is 0.187. The fraction of sp³-hybridized carbons (Fsp3) is 0.667. The van der Waals surface area contributed by atoms with Crippen molar-refractivity contribution in [2.75, 3.05) is 6.54 Å². The number of sulfonamides is 1. The molecule has 1 aromatic heterocycles. The molecule has 2 heterocycles. The molecule has 3 rings (SSSR count). The van der Waals surface area contributed by atoms with Gasteiger partial charge >= 0.3 is 0 Å². The fourth-order valence-corrected chi connectivity index (χ4v) is 5.40. The van der Waals surface area contributed by atoms with Crippen LogP contribution in [0.4, 0.5) is 0 Å². The molecule has 0 radical (unpaired) electrons. The standard InChI is InChI=1S/C15H23N3O2S/c16-10-13-7-8-14(11-17-13)21(19,20)18-9-3-5-12-4-1-2-6-15(12)18/h7-8,11-12,15H,1-6,9-10,16H2/t12-,15-/m1/s1. The molecule has 1 aromatic rings. The van der Waals surface area contributed by atoms with E-state index in [-0.39, 0.29) is 6.04 Å². The van der Waals surface area contributed by atoms with Crippen LogP contribution in [-0.4, -0.2) is 30.3 Å². The summed E-state index contributed by atoms with van der Waals surface area (Å²) in [5.74, 6) is 0.540. The quantitative estimate of drug-likeness (QED) is 0.925. The normalized spacial score (nSPS) is 27.3. The first-order chi connectivity index (χ1) is 10.1. The highest BCUT2D eigenvalue weighted by Gasteiger charge is 2.39. The van der Waals surface area contributed by atoms with E-state index in [9.17, 15) is 8.42 Å². The Kier molecular flexibility index (Phi) is 4.28. The van der Waals surface area contributed by atoms with E-state index in [1.165, 1.54) is 25.5 Å². The molecule has 1 aliphatic carbocycles. The molecule has 2 atom stereocenters. The van der Waals surface area contributed by atoms with Gasteiger partial charge in [-0.25, -0.2) is 8.42 Å². The van der Waals surface area contributed by atoms with Crippen LogP contribution in [0, 0.1) is 5.92 Å². The summed E-state index contributed by atoms with van der Waals surface area (Å²) in [6.07, 6.45) is 8.12. The van der Waals surface area contributed by atoms with Gasteiger partial charge in [0.05, 0.1) is 5.69 Å². The number of fused-ring (bicyclic) bond motifs is 1. The summed E-state index contributed by atoms with van der Waals surface area (Å²) in [5, 5.41) is 0. The van der Waals surface area contributed by atoms with E-state index in [2.05, 4.69) is 4.98 Å². The Hall–Kier alpha value is -0.980. The van der Waals surface area contributed by atoms with E-state index in [1.54, 1.807) is 16.4 Å². The topological polar surface area (TPSA) is 76.3 Å². The van der Waals surface area contributed by atoms with Crippen molar-refractivity contribution in [1.82, 2.24) is 9.29 Å². The maximum atomic E-state index is 12.9. The van der Waals surface area contributed by atoms with Crippen LogP contribution in [0.2, 0.25) is 0 Å². The lowest BCUT2D eigenvalue weighted by atomic mass is 9.79. The van der Waals surface area contributed by atoms with Crippen molar-refractivity contribution >= 4 is 10.0 Å². The van der Waals surface area contributed by atoms with Gasteiger partial charge in [0.15, 0.2) is 0 Å². The van der Waals surface area contributed by atoms with E-state index >= 15 is 0 Å². The Morgan fingerprint density at radius 1 is 1.19 bits per heavy atom. The van der Waals surface area contributed by atoms with Crippen molar-refractivity contribution in [1.29, 1.82) is 0 Å². The predicted molar refractivity (Wildman–Crippen MR) is 81.0 cm³/mol. The number of pyridine rings is 1. The van der Waals surface area contributed by atoms with Crippen molar-refractivity contribution in [3.63, 3.8) is 0 Å². The summed E-state index contributed by atoms with van der Waals surface area (Å²) in [5.41, 5.74) is 6.23. The van der Waals surface area contributed by atoms with E-state index in [0.717, 1.165) is 19.3 Å². The van der Waals surface area contributed by atoms with Gasteiger partial charge in [-0.1, -0.05) is 12.8 Å². The van der Waals surface area contributed by atoms with Crippen LogP contribution in [0.15, 0.2) is 23.2 Å². The lowest BCUT2D eigenvalue weighted by Gasteiger charge is -2.43. The molecule has 0 bridgehead atoms. The van der Waals surface area contributed by atoms with Crippen LogP contribution < -0.4 is 5.73 Å². The maximum absolute atomic E-state index is 12.9. The summed E-state index contributed by atoms with van der Waals surface area (Å²) < 4.78 is 27.5. The van der Waals surface area contributed by atoms with Crippen molar-refractivity contribution in [2.24, 2.45) is 11.7 Å². The van der Waals surface area contributed by atoms with Crippen LogP contribution >= 0.6 is 0 Å². The molecular formula is C15H23N3O2S. The Bertz CT molecular complexity index is 583. The van der Waals surface area contributed by atoms with Crippen molar-refractivity contribution in [2.45, 2.75) is 56.0 Å². The number of piperidine rings is 1. The first-order valence-electron chi connectivity index (χ1n) is 7.80. The predicted octanol–water partition coefficient (Wildman–Crippen LogP) is 1.88. The third kappa shape index (κ3) is 2.84. The zero-order chi connectivity index (χ0) is 14.9. The first-order valence-corrected chi connectivity index (χ1v) is 9.24. The highest BCUT2D eigenvalue weighted by atomic mass is 32.2. The summed E-state index contributed by atoms with van der Waals surface area (Å²) in [6, 6.07) is 3.53. The average molecular weight is 309 g/mol. The largest absolute Gasteiger partial charge is 0.325 e. The van der Waals surface area contributed by atoms with Crippen LogP contribution in [0.25, 0.3) is 0 Å². The van der Waals surface area contributed by atoms with Crippen LogP contribution in [0.1, 0.15) is 44.2 Å². The number of rotatable bonds is 3. The van der Waals surface area contributed by atoms with Crippen molar-refractivity contribution < 1.29 is 8.42 Å². The summed E-state index contributed by atoms with van der Waals surface area (Å²) >= 11 is 0. The van der Waals surface area contributed by atoms with E-state index in [4.69, 9.17) is 5.73 Å². The average Bonchev–Trinajstić information content (AvgIpc) is 2.54. The molecule has 1 saturated carbocycles. The molecule has 2 aliphatic rings. The number of hydrogen-bond acceptors (Lipinski definition) is 4. The van der Waals surface area contributed by atoms with Crippen molar-refractivity contribution in [3.8, 4) is 0 Å². The highest BCUT2D eigenvalue weighted by molar-refractivity contribution is 7.89. The molecule has 0 spiro atoms. The van der Waals surface area contributed by atoms with Gasteiger partial charge in [-0.3, -0.25) is 4.98 Å². The molecule has 116 valence electrons. The molecule has 21 heavy (non-hydrogen) atoms. The molecule has 0 aromatic carbocycles. The van der Waals surface area contributed by atoms with Gasteiger partial charge in [-0.05, 0) is 43.7 Å². The van der Waals surface area contributed by atoms with E-state index in [1.807, 2.05) is 0 Å². The second kappa shape index (κ2) is 6.02. The van der Waals surface area contributed by atoms with E-state index in [0.29, 0.717) is 29.6 Å². The van der Waals surface area contributed by atoms with Gasteiger partial charge in [0.2, 0.25) is 10.0 Å². The third-order valence-electron chi connectivity index (χ3n) is 4.81. The van der Waals surface area contributed by atoms with Gasteiger partial charge in [-0.2, -0.15) is 4.31 Å². The fourth-order valence-electron chi connectivity index (χ4n) is 3.70. The molecule has 0 unspecified atom stereocenters. The monoisotopic (exact) mass is 309 g/mol. The lowest BCUT2D eigenvalue weighted by molar-refractivity contribution is 0.129. The van der Waals surface area contributed by atoms with Gasteiger partial charge in [0, 0.05) is 25.3 Å². The second-order valence-electron chi connectivity index (χ2n) is 6.06. The van der Waals surface area contributed by atoms with E-state index < -0.39 is 10.0 Å². The minimum atomic E-state index is -3.43. The van der Waals surface area contributed by atoms with Crippen LogP contribution in [0.3, 0.4) is 0 Å². The zero-order valence-electron chi connectivity index (χ0n) is 12.2. The zero-order valence-corrected chi connectivity index (χ0v) is 13.1. The molecule has 0 amide bonds. The van der Waals surface area contributed by atoms with Gasteiger partial charge in [-0.15, -0.1) is 0 Å². The third-order valence-corrected chi connectivity index (χ3v) is 6.71. The second-order valence-corrected chi connectivity index (χ2v) is 7.95. The maximum Gasteiger partial charge on any atom is 0.244 e. The highest BCUT2D eigenvalue weighted by Crippen LogP contribution is 2.37.